The number of anilines is 1. The highest BCUT2D eigenvalue weighted by molar-refractivity contribution is 7.22. The Balaban J connectivity index is 1.69. The van der Waals surface area contributed by atoms with Crippen LogP contribution in [0.1, 0.15) is 29.2 Å². The Morgan fingerprint density at radius 1 is 1.41 bits per heavy atom. The number of nitrogens with two attached hydrogens (primary N) is 1. The first-order chi connectivity index (χ1) is 10.5. The predicted octanol–water partition coefficient (Wildman–Crippen LogP) is 3.26. The summed E-state index contributed by atoms with van der Waals surface area (Å²) in [5, 5.41) is 6.18. The smallest absolute Gasteiger partial charge is 0.232 e. The molecule has 0 aliphatic heterocycles. The molecule has 2 heterocycles. The van der Waals surface area contributed by atoms with Gasteiger partial charge in [-0.05, 0) is 31.5 Å². The number of nitrogens with zero attached hydrogens (tertiary/aromatic N) is 2. The maximum Gasteiger partial charge on any atom is 0.232 e. The van der Waals surface area contributed by atoms with Gasteiger partial charge in [0.25, 0.3) is 0 Å². The van der Waals surface area contributed by atoms with E-state index in [-0.39, 0.29) is 18.4 Å². The summed E-state index contributed by atoms with van der Waals surface area (Å²) < 4.78 is 1.07. The molecule has 0 spiro atoms. The van der Waals surface area contributed by atoms with Crippen LogP contribution in [0.25, 0.3) is 10.2 Å². The van der Waals surface area contributed by atoms with E-state index in [0.29, 0.717) is 5.13 Å². The molecule has 0 radical (unpaired) electrons. The van der Waals surface area contributed by atoms with Gasteiger partial charge in [0.15, 0.2) is 5.13 Å². The molecule has 1 atom stereocenters. The van der Waals surface area contributed by atoms with E-state index in [9.17, 15) is 4.79 Å². The lowest BCUT2D eigenvalue weighted by molar-refractivity contribution is -0.115. The second kappa shape index (κ2) is 6.12. The Bertz CT molecular complexity index is 822. The van der Waals surface area contributed by atoms with Gasteiger partial charge in [0.1, 0.15) is 5.01 Å². The van der Waals surface area contributed by atoms with Crippen LogP contribution in [0.15, 0.2) is 23.6 Å². The van der Waals surface area contributed by atoms with Gasteiger partial charge in [0.05, 0.1) is 28.4 Å². The maximum absolute atomic E-state index is 12.1. The first-order valence-corrected chi connectivity index (χ1v) is 8.58. The van der Waals surface area contributed by atoms with Crippen LogP contribution in [0.5, 0.6) is 0 Å². The topological polar surface area (TPSA) is 80.9 Å². The van der Waals surface area contributed by atoms with Gasteiger partial charge in [0.2, 0.25) is 5.91 Å². The molecular weight excluding hydrogens is 316 g/mol. The molecule has 1 amide bonds. The van der Waals surface area contributed by atoms with Gasteiger partial charge in [-0.3, -0.25) is 4.79 Å². The molecule has 1 unspecified atom stereocenters. The van der Waals surface area contributed by atoms with E-state index in [1.807, 2.05) is 31.4 Å². The average molecular weight is 332 g/mol. The molecule has 0 aliphatic carbocycles. The highest BCUT2D eigenvalue weighted by Crippen LogP contribution is 2.26. The third-order valence-electron chi connectivity index (χ3n) is 3.09. The third-order valence-corrected chi connectivity index (χ3v) is 5.12. The lowest BCUT2D eigenvalue weighted by atomic mass is 10.2. The van der Waals surface area contributed by atoms with Crippen LogP contribution in [0.4, 0.5) is 5.13 Å². The van der Waals surface area contributed by atoms with Gasteiger partial charge in [-0.15, -0.1) is 11.3 Å². The Morgan fingerprint density at radius 3 is 2.95 bits per heavy atom. The van der Waals surface area contributed by atoms with Gasteiger partial charge in [-0.25, -0.2) is 9.97 Å². The SMILES string of the molecule is Cc1ccc2nc(NC(=O)Cc3csc(C(C)N)n3)sc2c1. The minimum absolute atomic E-state index is 0.102. The number of rotatable bonds is 4. The van der Waals surface area contributed by atoms with Crippen molar-refractivity contribution in [3.05, 3.63) is 39.8 Å². The number of amides is 1. The van der Waals surface area contributed by atoms with E-state index in [4.69, 9.17) is 5.73 Å². The molecule has 2 aromatic heterocycles. The van der Waals surface area contributed by atoms with Gasteiger partial charge < -0.3 is 11.1 Å². The van der Waals surface area contributed by atoms with Crippen LogP contribution in [-0.2, 0) is 11.2 Å². The van der Waals surface area contributed by atoms with Gasteiger partial charge in [0, 0.05) is 5.38 Å². The van der Waals surface area contributed by atoms with E-state index >= 15 is 0 Å². The van der Waals surface area contributed by atoms with Gasteiger partial charge in [-0.2, -0.15) is 0 Å². The Hall–Kier alpha value is -1.83. The molecule has 3 N–H and O–H groups in total. The van der Waals surface area contributed by atoms with Crippen LogP contribution in [0.2, 0.25) is 0 Å². The van der Waals surface area contributed by atoms with Crippen molar-refractivity contribution in [3.8, 4) is 0 Å². The molecule has 22 heavy (non-hydrogen) atoms. The number of hydrogen-bond donors (Lipinski definition) is 2. The summed E-state index contributed by atoms with van der Waals surface area (Å²) in [4.78, 5) is 20.9. The summed E-state index contributed by atoms with van der Waals surface area (Å²) in [7, 11) is 0. The Morgan fingerprint density at radius 2 is 2.23 bits per heavy atom. The summed E-state index contributed by atoms with van der Waals surface area (Å²) in [6.07, 6.45) is 0.234. The van der Waals surface area contributed by atoms with E-state index in [1.54, 1.807) is 0 Å². The van der Waals surface area contributed by atoms with Crippen LogP contribution < -0.4 is 11.1 Å². The normalized spacial score (nSPS) is 12.5. The Kier molecular flexibility index (Phi) is 4.19. The van der Waals surface area contributed by atoms with Crippen molar-refractivity contribution in [1.29, 1.82) is 0 Å². The number of carbonyl (C=O) groups excluding carboxylic acids is 1. The third kappa shape index (κ3) is 3.32. The molecule has 3 aromatic rings. The molecular formula is C15H16N4OS2. The number of fused-ring (bicyclic) bond motifs is 1. The highest BCUT2D eigenvalue weighted by Gasteiger charge is 2.12. The first kappa shape index (κ1) is 15.1. The van der Waals surface area contributed by atoms with Crippen molar-refractivity contribution in [2.45, 2.75) is 26.3 Å². The highest BCUT2D eigenvalue weighted by atomic mass is 32.1. The van der Waals surface area contributed by atoms with E-state index in [1.165, 1.54) is 28.2 Å². The quantitative estimate of drug-likeness (QED) is 0.768. The molecule has 0 aliphatic rings. The maximum atomic E-state index is 12.1. The second-order valence-electron chi connectivity index (χ2n) is 5.18. The lowest BCUT2D eigenvalue weighted by Crippen LogP contribution is -2.14. The van der Waals surface area contributed by atoms with Crippen molar-refractivity contribution in [2.24, 2.45) is 5.73 Å². The van der Waals surface area contributed by atoms with Crippen molar-refractivity contribution < 1.29 is 4.79 Å². The zero-order valence-electron chi connectivity index (χ0n) is 12.3. The van der Waals surface area contributed by atoms with E-state index < -0.39 is 0 Å². The standard InChI is InChI=1S/C15H16N4OS2/c1-8-3-4-11-12(5-8)22-15(18-11)19-13(20)6-10-7-21-14(17-10)9(2)16/h3-5,7,9H,6,16H2,1-2H3,(H,18,19,20). The number of nitrogens with one attached hydrogen (secondary N) is 1. The molecule has 1 aromatic carbocycles. The number of benzene rings is 1. The zero-order valence-corrected chi connectivity index (χ0v) is 13.9. The van der Waals surface area contributed by atoms with E-state index in [0.717, 1.165) is 20.9 Å². The minimum atomic E-state index is -0.114. The van der Waals surface area contributed by atoms with Gasteiger partial charge in [-0.1, -0.05) is 17.4 Å². The number of aryl methyl sites for hydroxylation is 1. The van der Waals surface area contributed by atoms with Crippen molar-refractivity contribution in [2.75, 3.05) is 5.32 Å². The van der Waals surface area contributed by atoms with E-state index in [2.05, 4.69) is 21.4 Å². The molecule has 5 nitrogen and oxygen atoms in total. The summed E-state index contributed by atoms with van der Waals surface area (Å²) in [5.74, 6) is -0.114. The Labute approximate surface area is 136 Å². The van der Waals surface area contributed by atoms with Crippen molar-refractivity contribution >= 4 is 43.9 Å². The van der Waals surface area contributed by atoms with Crippen molar-refractivity contribution in [1.82, 2.24) is 9.97 Å². The summed E-state index contributed by atoms with van der Waals surface area (Å²) in [6, 6.07) is 5.94. The zero-order chi connectivity index (χ0) is 15.7. The fourth-order valence-electron chi connectivity index (χ4n) is 2.03. The second-order valence-corrected chi connectivity index (χ2v) is 7.10. The fraction of sp³-hybridized carbons (Fsp3) is 0.267. The van der Waals surface area contributed by atoms with Crippen LogP contribution in [0, 0.1) is 6.92 Å². The lowest BCUT2D eigenvalue weighted by Gasteiger charge is -1.99. The fourth-order valence-corrected chi connectivity index (χ4v) is 3.78. The number of hydrogen-bond acceptors (Lipinski definition) is 6. The number of carbonyl (C=O) groups is 1. The first-order valence-electron chi connectivity index (χ1n) is 6.88. The number of aromatic nitrogens is 2. The predicted molar refractivity (Wildman–Crippen MR) is 91.4 cm³/mol. The molecule has 0 saturated heterocycles. The molecule has 0 fully saturated rings. The van der Waals surface area contributed by atoms with Crippen LogP contribution >= 0.6 is 22.7 Å². The summed E-state index contributed by atoms with van der Waals surface area (Å²) >= 11 is 2.96. The molecule has 7 heteroatoms. The van der Waals surface area contributed by atoms with Crippen LogP contribution in [-0.4, -0.2) is 15.9 Å². The monoisotopic (exact) mass is 332 g/mol. The van der Waals surface area contributed by atoms with Crippen molar-refractivity contribution in [3.63, 3.8) is 0 Å². The van der Waals surface area contributed by atoms with Gasteiger partial charge >= 0.3 is 0 Å². The summed E-state index contributed by atoms with van der Waals surface area (Å²) in [6.45, 7) is 3.92. The summed E-state index contributed by atoms with van der Waals surface area (Å²) in [5.41, 5.74) is 8.60. The average Bonchev–Trinajstić information content (AvgIpc) is 3.04. The molecule has 0 saturated carbocycles. The molecule has 114 valence electrons. The minimum Gasteiger partial charge on any atom is -0.322 e. The molecule has 0 bridgehead atoms. The number of thiazole rings is 2. The van der Waals surface area contributed by atoms with Crippen LogP contribution in [0.3, 0.4) is 0 Å². The largest absolute Gasteiger partial charge is 0.322 e. The molecule has 3 rings (SSSR count).